The summed E-state index contributed by atoms with van der Waals surface area (Å²) >= 11 is 0. The number of nitrogens with zero attached hydrogens (tertiary/aromatic N) is 3. The van der Waals surface area contributed by atoms with Crippen LogP contribution >= 0.6 is 0 Å². The molecule has 0 aliphatic carbocycles. The summed E-state index contributed by atoms with van der Waals surface area (Å²) in [5, 5.41) is 12.5. The zero-order valence-corrected chi connectivity index (χ0v) is 12.3. The monoisotopic (exact) mass is 283 g/mol. The van der Waals surface area contributed by atoms with Crippen molar-refractivity contribution in [2.24, 2.45) is 0 Å². The lowest BCUT2D eigenvalue weighted by atomic mass is 9.96. The Kier molecular flexibility index (Phi) is 5.24. The van der Waals surface area contributed by atoms with Crippen LogP contribution in [0.3, 0.4) is 0 Å². The second-order valence-electron chi connectivity index (χ2n) is 5.76. The van der Waals surface area contributed by atoms with E-state index in [1.165, 1.54) is 11.9 Å². The summed E-state index contributed by atoms with van der Waals surface area (Å²) in [7, 11) is 1.47. The first-order chi connectivity index (χ1) is 9.20. The summed E-state index contributed by atoms with van der Waals surface area (Å²) in [6.45, 7) is 5.69. The second kappa shape index (κ2) is 6.49. The number of hydrogen-bond acceptors (Lipinski definition) is 5. The number of amides is 1. The number of likely N-dealkylation sites (N-methyl/N-ethyl adjacent to an activating group) is 1. The minimum Gasteiger partial charge on any atom is -0.480 e. The molecule has 0 saturated heterocycles. The van der Waals surface area contributed by atoms with Crippen molar-refractivity contribution in [3.05, 3.63) is 11.7 Å². The number of carboxylic acid groups (broad SMARTS) is 1. The molecule has 112 valence electrons. The van der Waals surface area contributed by atoms with Crippen molar-refractivity contribution >= 4 is 11.9 Å². The van der Waals surface area contributed by atoms with Gasteiger partial charge in [0.15, 0.2) is 5.82 Å². The van der Waals surface area contributed by atoms with Crippen LogP contribution in [0.15, 0.2) is 4.52 Å². The van der Waals surface area contributed by atoms with Crippen molar-refractivity contribution in [2.45, 2.75) is 45.4 Å². The molecule has 0 aliphatic heterocycles. The number of hydrogen-bond donors (Lipinski definition) is 1. The van der Waals surface area contributed by atoms with Gasteiger partial charge in [0, 0.05) is 25.3 Å². The number of aliphatic carboxylic acids is 1. The Bertz CT molecular complexity index is 476. The highest BCUT2D eigenvalue weighted by Gasteiger charge is 2.21. The van der Waals surface area contributed by atoms with E-state index in [2.05, 4.69) is 10.1 Å². The largest absolute Gasteiger partial charge is 0.480 e. The average Bonchev–Trinajstić information content (AvgIpc) is 2.76. The number of aryl methyl sites for hydroxylation is 1. The van der Waals surface area contributed by atoms with Crippen LogP contribution in [0.5, 0.6) is 0 Å². The Hall–Kier alpha value is -1.92. The Labute approximate surface area is 118 Å². The molecule has 1 amide bonds. The van der Waals surface area contributed by atoms with E-state index in [1.807, 2.05) is 20.8 Å². The topological polar surface area (TPSA) is 96.5 Å². The molecule has 0 aliphatic rings. The minimum absolute atomic E-state index is 0.167. The van der Waals surface area contributed by atoms with E-state index in [-0.39, 0.29) is 24.3 Å². The van der Waals surface area contributed by atoms with Crippen molar-refractivity contribution < 1.29 is 19.2 Å². The molecule has 0 spiro atoms. The maximum atomic E-state index is 11.6. The maximum absolute atomic E-state index is 11.6. The van der Waals surface area contributed by atoms with E-state index < -0.39 is 5.97 Å². The zero-order valence-electron chi connectivity index (χ0n) is 12.3. The van der Waals surface area contributed by atoms with E-state index in [9.17, 15) is 9.59 Å². The molecule has 0 atom stereocenters. The second-order valence-corrected chi connectivity index (χ2v) is 5.76. The Balaban J connectivity index is 2.39. The van der Waals surface area contributed by atoms with E-state index in [0.717, 1.165) is 0 Å². The zero-order chi connectivity index (χ0) is 15.3. The summed E-state index contributed by atoms with van der Waals surface area (Å²) in [6.07, 6.45) is 1.32. The summed E-state index contributed by atoms with van der Waals surface area (Å²) in [5.74, 6) is -0.0824. The summed E-state index contributed by atoms with van der Waals surface area (Å²) in [6, 6.07) is 0. The van der Waals surface area contributed by atoms with Crippen molar-refractivity contribution in [2.75, 3.05) is 13.6 Å². The van der Waals surface area contributed by atoms with Gasteiger partial charge in [-0.25, -0.2) is 0 Å². The minimum atomic E-state index is -1.02. The predicted molar refractivity (Wildman–Crippen MR) is 71.2 cm³/mol. The van der Waals surface area contributed by atoms with E-state index in [4.69, 9.17) is 9.63 Å². The molecule has 1 aromatic rings. The van der Waals surface area contributed by atoms with Gasteiger partial charge in [-0.2, -0.15) is 4.98 Å². The summed E-state index contributed by atoms with van der Waals surface area (Å²) in [5.41, 5.74) is -0.167. The quantitative estimate of drug-likeness (QED) is 0.843. The molecule has 7 nitrogen and oxygen atoms in total. The van der Waals surface area contributed by atoms with Crippen LogP contribution in [-0.2, 0) is 21.4 Å². The van der Waals surface area contributed by atoms with Gasteiger partial charge >= 0.3 is 5.97 Å². The van der Waals surface area contributed by atoms with Crippen LogP contribution in [0.4, 0.5) is 0 Å². The number of carbonyl (C=O) groups excluding carboxylic acids is 1. The van der Waals surface area contributed by atoms with Gasteiger partial charge in [-0.05, 0) is 6.42 Å². The lowest BCUT2D eigenvalue weighted by Crippen LogP contribution is -2.31. The first-order valence-electron chi connectivity index (χ1n) is 6.49. The average molecular weight is 283 g/mol. The fraction of sp³-hybridized carbons (Fsp3) is 0.692. The molecule has 0 radical (unpaired) electrons. The molecule has 0 aromatic carbocycles. The Morgan fingerprint density at radius 1 is 1.35 bits per heavy atom. The summed E-state index contributed by atoms with van der Waals surface area (Å²) < 4.78 is 5.12. The first-order valence-corrected chi connectivity index (χ1v) is 6.49. The van der Waals surface area contributed by atoms with Crippen molar-refractivity contribution in [3.8, 4) is 0 Å². The lowest BCUT2D eigenvalue weighted by Gasteiger charge is -2.13. The van der Waals surface area contributed by atoms with Gasteiger partial charge in [0.1, 0.15) is 6.54 Å². The Morgan fingerprint density at radius 3 is 2.50 bits per heavy atom. The number of aromatic nitrogens is 2. The van der Waals surface area contributed by atoms with Gasteiger partial charge in [0.25, 0.3) is 0 Å². The standard InChI is InChI=1S/C13H21N3O4/c1-13(2,3)12-14-9(20-15-12)6-5-7-10(17)16(4)8-11(18)19/h5-8H2,1-4H3,(H,18,19). The van der Waals surface area contributed by atoms with Gasteiger partial charge in [-0.1, -0.05) is 25.9 Å². The van der Waals surface area contributed by atoms with Crippen LogP contribution < -0.4 is 0 Å². The third-order valence-electron chi connectivity index (χ3n) is 2.72. The number of carboxylic acids is 1. The molecule has 1 rings (SSSR count). The molecule has 20 heavy (non-hydrogen) atoms. The lowest BCUT2D eigenvalue weighted by molar-refractivity contribution is -0.143. The maximum Gasteiger partial charge on any atom is 0.323 e. The molecule has 0 bridgehead atoms. The van der Waals surface area contributed by atoms with Crippen LogP contribution in [-0.4, -0.2) is 45.6 Å². The predicted octanol–water partition coefficient (Wildman–Crippen LogP) is 1.23. The van der Waals surface area contributed by atoms with E-state index in [0.29, 0.717) is 24.6 Å². The van der Waals surface area contributed by atoms with Crippen LogP contribution in [0.1, 0.15) is 45.3 Å². The van der Waals surface area contributed by atoms with E-state index >= 15 is 0 Å². The number of rotatable bonds is 6. The number of carbonyl (C=O) groups is 2. The highest BCUT2D eigenvalue weighted by Crippen LogP contribution is 2.18. The SMILES string of the molecule is CN(CC(=O)O)C(=O)CCCc1nc(C(C)(C)C)no1. The first kappa shape index (κ1) is 16.1. The van der Waals surface area contributed by atoms with Gasteiger partial charge < -0.3 is 14.5 Å². The molecule has 0 fully saturated rings. The molecule has 0 unspecified atom stereocenters. The molecule has 1 aromatic heterocycles. The fourth-order valence-corrected chi connectivity index (χ4v) is 1.53. The molecular weight excluding hydrogens is 262 g/mol. The van der Waals surface area contributed by atoms with Crippen molar-refractivity contribution in [1.29, 1.82) is 0 Å². The Morgan fingerprint density at radius 2 is 2.00 bits per heavy atom. The van der Waals surface area contributed by atoms with Crippen LogP contribution in [0.2, 0.25) is 0 Å². The van der Waals surface area contributed by atoms with Gasteiger partial charge in [-0.3, -0.25) is 9.59 Å². The van der Waals surface area contributed by atoms with Gasteiger partial charge in [0.05, 0.1) is 0 Å². The third-order valence-corrected chi connectivity index (χ3v) is 2.72. The normalized spacial score (nSPS) is 11.4. The summed E-state index contributed by atoms with van der Waals surface area (Å²) in [4.78, 5) is 27.6. The van der Waals surface area contributed by atoms with Gasteiger partial charge in [0.2, 0.25) is 11.8 Å². The highest BCUT2D eigenvalue weighted by molar-refractivity contribution is 5.80. The molecule has 7 heteroatoms. The van der Waals surface area contributed by atoms with Crippen LogP contribution in [0, 0.1) is 0 Å². The van der Waals surface area contributed by atoms with Gasteiger partial charge in [-0.15, -0.1) is 0 Å². The smallest absolute Gasteiger partial charge is 0.323 e. The fourth-order valence-electron chi connectivity index (χ4n) is 1.53. The molecule has 1 N–H and O–H groups in total. The third kappa shape index (κ3) is 4.99. The highest BCUT2D eigenvalue weighted by atomic mass is 16.5. The molecule has 0 saturated carbocycles. The van der Waals surface area contributed by atoms with E-state index in [1.54, 1.807) is 0 Å². The van der Waals surface area contributed by atoms with Crippen molar-refractivity contribution in [1.82, 2.24) is 15.0 Å². The molecular formula is C13H21N3O4. The molecule has 1 heterocycles. The van der Waals surface area contributed by atoms with Crippen molar-refractivity contribution in [3.63, 3.8) is 0 Å². The van der Waals surface area contributed by atoms with Crippen LogP contribution in [0.25, 0.3) is 0 Å².